The molecule has 1 aliphatic rings. The maximum absolute atomic E-state index is 5.33. The van der Waals surface area contributed by atoms with Crippen molar-refractivity contribution in [3.8, 4) is 0 Å². The number of hydrogen-bond acceptors (Lipinski definition) is 3. The molecule has 21 heavy (non-hydrogen) atoms. The van der Waals surface area contributed by atoms with Gasteiger partial charge in [-0.1, -0.05) is 0 Å². The number of hydrogen-bond donors (Lipinski definition) is 2. The smallest absolute Gasteiger partial charge is 0.191 e. The van der Waals surface area contributed by atoms with Gasteiger partial charge in [0.25, 0.3) is 0 Å². The van der Waals surface area contributed by atoms with Crippen molar-refractivity contribution in [1.29, 1.82) is 0 Å². The molecule has 0 aromatic carbocycles. The molecule has 0 bridgehead atoms. The van der Waals surface area contributed by atoms with Crippen LogP contribution in [0, 0.1) is 0 Å². The third-order valence-electron chi connectivity index (χ3n) is 3.46. The van der Waals surface area contributed by atoms with Crippen molar-refractivity contribution in [3.63, 3.8) is 0 Å². The van der Waals surface area contributed by atoms with Gasteiger partial charge in [-0.2, -0.15) is 11.8 Å². The van der Waals surface area contributed by atoms with Gasteiger partial charge < -0.3 is 15.1 Å². The van der Waals surface area contributed by atoms with Crippen molar-refractivity contribution in [2.45, 2.75) is 37.9 Å². The van der Waals surface area contributed by atoms with Crippen LogP contribution in [-0.4, -0.2) is 36.1 Å². The van der Waals surface area contributed by atoms with Crippen LogP contribution >= 0.6 is 35.7 Å². The van der Waals surface area contributed by atoms with Crippen molar-refractivity contribution < 1.29 is 4.42 Å². The molecule has 2 N–H and O–H groups in total. The standard InChI is InChI=1S/C15H25N3OS.HI/c1-3-16-14(17-9-7-13-6-4-10-19-13)18-12-15(2)8-5-11-20-15;/h4,6,10H,3,5,7-9,11-12H2,1-2H3,(H2,16,17,18);1H. The highest BCUT2D eigenvalue weighted by Crippen LogP contribution is 2.37. The quantitative estimate of drug-likeness (QED) is 0.419. The number of halogens is 1. The van der Waals surface area contributed by atoms with Gasteiger partial charge in [-0.15, -0.1) is 24.0 Å². The summed E-state index contributed by atoms with van der Waals surface area (Å²) in [7, 11) is 0. The summed E-state index contributed by atoms with van der Waals surface area (Å²) in [5, 5.41) is 6.67. The second-order valence-corrected chi connectivity index (χ2v) is 7.04. The molecule has 1 aromatic heterocycles. The fraction of sp³-hybridized carbons (Fsp3) is 0.667. The second kappa shape index (κ2) is 9.61. The number of nitrogens with one attached hydrogen (secondary N) is 2. The second-order valence-electron chi connectivity index (χ2n) is 5.35. The first-order valence-corrected chi connectivity index (χ1v) is 8.39. The molecule has 0 radical (unpaired) electrons. The zero-order valence-corrected chi connectivity index (χ0v) is 16.0. The molecule has 4 nitrogen and oxygen atoms in total. The van der Waals surface area contributed by atoms with E-state index in [0.29, 0.717) is 4.75 Å². The van der Waals surface area contributed by atoms with Crippen LogP contribution in [0.1, 0.15) is 32.4 Å². The zero-order valence-electron chi connectivity index (χ0n) is 12.9. The van der Waals surface area contributed by atoms with Crippen LogP contribution in [-0.2, 0) is 6.42 Å². The predicted octanol–water partition coefficient (Wildman–Crippen LogP) is 3.28. The molecule has 1 unspecified atom stereocenters. The Morgan fingerprint density at radius 3 is 2.95 bits per heavy atom. The van der Waals surface area contributed by atoms with Crippen molar-refractivity contribution in [3.05, 3.63) is 24.2 Å². The van der Waals surface area contributed by atoms with E-state index in [1.54, 1.807) is 6.26 Å². The average Bonchev–Trinajstić information content (AvgIpc) is 3.08. The van der Waals surface area contributed by atoms with Crippen LogP contribution in [0.25, 0.3) is 0 Å². The van der Waals surface area contributed by atoms with E-state index in [2.05, 4.69) is 24.5 Å². The Hall–Kier alpha value is -0.370. The van der Waals surface area contributed by atoms with Gasteiger partial charge in [-0.05, 0) is 44.6 Å². The normalized spacial score (nSPS) is 21.9. The molecule has 1 saturated heterocycles. The third-order valence-corrected chi connectivity index (χ3v) is 4.98. The van der Waals surface area contributed by atoms with Crippen LogP contribution in [0.3, 0.4) is 0 Å². The average molecular weight is 423 g/mol. The number of rotatable bonds is 6. The van der Waals surface area contributed by atoms with Gasteiger partial charge in [0.1, 0.15) is 5.76 Å². The molecule has 1 atom stereocenters. The lowest BCUT2D eigenvalue weighted by atomic mass is 10.1. The molecule has 0 saturated carbocycles. The highest BCUT2D eigenvalue weighted by Gasteiger charge is 2.29. The summed E-state index contributed by atoms with van der Waals surface area (Å²) in [5.41, 5.74) is 0. The summed E-state index contributed by atoms with van der Waals surface area (Å²) in [6.45, 7) is 7.02. The third kappa shape index (κ3) is 6.50. The van der Waals surface area contributed by atoms with Crippen LogP contribution in [0.4, 0.5) is 0 Å². The number of nitrogens with zero attached hydrogens (tertiary/aromatic N) is 1. The molecule has 6 heteroatoms. The molecular formula is C15H26IN3OS. The first-order valence-electron chi connectivity index (χ1n) is 7.40. The highest BCUT2D eigenvalue weighted by molar-refractivity contribution is 14.0. The summed E-state index contributed by atoms with van der Waals surface area (Å²) in [4.78, 5) is 4.73. The number of furan rings is 1. The van der Waals surface area contributed by atoms with Gasteiger partial charge in [-0.25, -0.2) is 0 Å². The topological polar surface area (TPSA) is 49.6 Å². The zero-order chi connectivity index (χ0) is 14.3. The lowest BCUT2D eigenvalue weighted by molar-refractivity contribution is 0.506. The van der Waals surface area contributed by atoms with Gasteiger partial charge in [0.2, 0.25) is 0 Å². The van der Waals surface area contributed by atoms with Crippen LogP contribution < -0.4 is 10.6 Å². The Kier molecular flexibility index (Phi) is 8.55. The molecule has 2 rings (SSSR count). The molecule has 0 amide bonds. The van der Waals surface area contributed by atoms with E-state index in [1.807, 2.05) is 23.9 Å². The Morgan fingerprint density at radius 1 is 1.48 bits per heavy atom. The largest absolute Gasteiger partial charge is 0.469 e. The summed E-state index contributed by atoms with van der Waals surface area (Å²) < 4.78 is 5.65. The minimum atomic E-state index is 0. The summed E-state index contributed by atoms with van der Waals surface area (Å²) in [6, 6.07) is 3.93. The van der Waals surface area contributed by atoms with Crippen molar-refractivity contribution >= 4 is 41.7 Å². The molecule has 0 spiro atoms. The van der Waals surface area contributed by atoms with E-state index in [9.17, 15) is 0 Å². The maximum atomic E-state index is 5.33. The lowest BCUT2D eigenvalue weighted by Gasteiger charge is -2.21. The number of thioether (sulfide) groups is 1. The SMILES string of the molecule is CCNC(=NCC1(C)CCCS1)NCCc1ccco1.I. The van der Waals surface area contributed by atoms with Gasteiger partial charge in [-0.3, -0.25) is 4.99 Å². The van der Waals surface area contributed by atoms with E-state index < -0.39 is 0 Å². The fourth-order valence-electron chi connectivity index (χ4n) is 2.31. The van der Waals surface area contributed by atoms with Crippen LogP contribution in [0.5, 0.6) is 0 Å². The Balaban J connectivity index is 0.00000220. The van der Waals surface area contributed by atoms with Gasteiger partial charge in [0.15, 0.2) is 5.96 Å². The van der Waals surface area contributed by atoms with Crippen LogP contribution in [0.2, 0.25) is 0 Å². The summed E-state index contributed by atoms with van der Waals surface area (Å²) in [5.74, 6) is 3.19. The molecule has 120 valence electrons. The van der Waals surface area contributed by atoms with Crippen LogP contribution in [0.15, 0.2) is 27.8 Å². The summed E-state index contributed by atoms with van der Waals surface area (Å²) in [6.07, 6.45) is 5.18. The summed E-state index contributed by atoms with van der Waals surface area (Å²) >= 11 is 2.05. The van der Waals surface area contributed by atoms with Gasteiger partial charge >= 0.3 is 0 Å². The Morgan fingerprint density at radius 2 is 2.33 bits per heavy atom. The number of guanidine groups is 1. The fourth-order valence-corrected chi connectivity index (χ4v) is 3.53. The van der Waals surface area contributed by atoms with Crippen molar-refractivity contribution in [2.75, 3.05) is 25.4 Å². The first kappa shape index (κ1) is 18.7. The first-order chi connectivity index (χ1) is 9.72. The van der Waals surface area contributed by atoms with E-state index in [-0.39, 0.29) is 24.0 Å². The van der Waals surface area contributed by atoms with Crippen molar-refractivity contribution in [2.24, 2.45) is 4.99 Å². The minimum Gasteiger partial charge on any atom is -0.469 e. The van der Waals surface area contributed by atoms with E-state index in [0.717, 1.165) is 37.8 Å². The van der Waals surface area contributed by atoms with Gasteiger partial charge in [0, 0.05) is 24.3 Å². The monoisotopic (exact) mass is 423 g/mol. The molecule has 1 aliphatic heterocycles. The molecule has 1 fully saturated rings. The molecular weight excluding hydrogens is 397 g/mol. The Bertz CT molecular complexity index is 417. The minimum absolute atomic E-state index is 0. The van der Waals surface area contributed by atoms with E-state index >= 15 is 0 Å². The van der Waals surface area contributed by atoms with Crippen molar-refractivity contribution in [1.82, 2.24) is 10.6 Å². The maximum Gasteiger partial charge on any atom is 0.191 e. The number of aliphatic imine (C=N–C) groups is 1. The van der Waals surface area contributed by atoms with E-state index in [1.165, 1.54) is 18.6 Å². The predicted molar refractivity (Wildman–Crippen MR) is 102 cm³/mol. The molecule has 1 aromatic rings. The molecule has 2 heterocycles. The Labute approximate surface area is 148 Å². The molecule has 0 aliphatic carbocycles. The van der Waals surface area contributed by atoms with E-state index in [4.69, 9.17) is 9.41 Å². The highest BCUT2D eigenvalue weighted by atomic mass is 127. The van der Waals surface area contributed by atoms with Gasteiger partial charge in [0.05, 0.1) is 12.8 Å². The lowest BCUT2D eigenvalue weighted by Crippen LogP contribution is -2.39.